The van der Waals surface area contributed by atoms with Gasteiger partial charge in [0.05, 0.1) is 30.2 Å². The van der Waals surface area contributed by atoms with Crippen LogP contribution in [0.4, 0.5) is 24.5 Å². The van der Waals surface area contributed by atoms with Crippen LogP contribution in [0.15, 0.2) is 36.4 Å². The third kappa shape index (κ3) is 4.02. The van der Waals surface area contributed by atoms with E-state index in [1.54, 1.807) is 18.0 Å². The largest absolute Gasteiger partial charge is 0.453 e. The fourth-order valence-corrected chi connectivity index (χ4v) is 4.15. The van der Waals surface area contributed by atoms with E-state index in [-0.39, 0.29) is 11.0 Å². The maximum atomic E-state index is 12.9. The van der Waals surface area contributed by atoms with Gasteiger partial charge in [-0.2, -0.15) is 13.2 Å². The van der Waals surface area contributed by atoms with Crippen LogP contribution in [-0.4, -0.2) is 30.6 Å². The molecule has 1 fully saturated rings. The molecule has 0 saturated carbocycles. The van der Waals surface area contributed by atoms with Crippen molar-refractivity contribution >= 4 is 23.3 Å². The zero-order valence-electron chi connectivity index (χ0n) is 14.7. The highest BCUT2D eigenvalue weighted by Gasteiger charge is 2.32. The summed E-state index contributed by atoms with van der Waals surface area (Å²) in [5.41, 5.74) is 1.69. The second kappa shape index (κ2) is 7.26. The Kier molecular flexibility index (Phi) is 4.96. The van der Waals surface area contributed by atoms with Gasteiger partial charge in [0.25, 0.3) is 0 Å². The number of halogens is 3. The Morgan fingerprint density at radius 3 is 2.56 bits per heavy atom. The third-order valence-electron chi connectivity index (χ3n) is 4.55. The second-order valence-electron chi connectivity index (χ2n) is 6.48. The quantitative estimate of drug-likeness (QED) is 0.583. The van der Waals surface area contributed by atoms with Crippen molar-refractivity contribution < 1.29 is 22.6 Å². The maximum absolute atomic E-state index is 12.9. The zero-order chi connectivity index (χ0) is 19.0. The third-order valence-corrected chi connectivity index (χ3v) is 5.80. The molecule has 1 atom stereocenters. The molecule has 4 rings (SSSR count). The molecule has 1 unspecified atom stereocenters. The van der Waals surface area contributed by atoms with Gasteiger partial charge in [0.1, 0.15) is 0 Å². The predicted molar refractivity (Wildman–Crippen MR) is 99.6 cm³/mol. The Balaban J connectivity index is 1.52. The van der Waals surface area contributed by atoms with Gasteiger partial charge in [0.2, 0.25) is 0 Å². The molecule has 27 heavy (non-hydrogen) atoms. The summed E-state index contributed by atoms with van der Waals surface area (Å²) < 4.78 is 52.1. The Bertz CT molecular complexity index is 838. The predicted octanol–water partition coefficient (Wildman–Crippen LogP) is 5.60. The first kappa shape index (κ1) is 18.5. The average Bonchev–Trinajstić information content (AvgIpc) is 2.65. The van der Waals surface area contributed by atoms with E-state index in [0.29, 0.717) is 11.4 Å². The molecule has 0 amide bonds. The molecule has 0 aromatic heterocycles. The molecule has 0 aliphatic carbocycles. The Labute approximate surface area is 159 Å². The highest BCUT2D eigenvalue weighted by molar-refractivity contribution is 7.97. The first-order valence-corrected chi connectivity index (χ1v) is 9.53. The molecule has 2 aliphatic heterocycles. The van der Waals surface area contributed by atoms with Crippen molar-refractivity contribution in [3.05, 3.63) is 47.5 Å². The van der Waals surface area contributed by atoms with Crippen molar-refractivity contribution in [1.82, 2.24) is 4.31 Å². The normalized spacial score (nSPS) is 18.1. The summed E-state index contributed by atoms with van der Waals surface area (Å²) in [5.74, 6) is 0.704. The lowest BCUT2D eigenvalue weighted by Gasteiger charge is -2.29. The average molecular weight is 396 g/mol. The molecule has 2 heterocycles. The van der Waals surface area contributed by atoms with Gasteiger partial charge >= 0.3 is 6.18 Å². The maximum Gasteiger partial charge on any atom is 0.416 e. The van der Waals surface area contributed by atoms with Crippen LogP contribution in [0.25, 0.3) is 0 Å². The molecule has 2 aromatic carbocycles. The van der Waals surface area contributed by atoms with Gasteiger partial charge in [0.15, 0.2) is 11.5 Å². The minimum absolute atomic E-state index is 0.181. The summed E-state index contributed by atoms with van der Waals surface area (Å²) in [5, 5.41) is 3.42. The van der Waals surface area contributed by atoms with Crippen molar-refractivity contribution in [2.75, 3.05) is 31.6 Å². The Morgan fingerprint density at radius 1 is 1.04 bits per heavy atom. The summed E-state index contributed by atoms with van der Waals surface area (Å²) in [6.45, 7) is 5.42. The van der Waals surface area contributed by atoms with Gasteiger partial charge in [-0.25, -0.2) is 4.31 Å². The molecule has 0 bridgehead atoms. The molecular weight excluding hydrogens is 377 g/mol. The molecule has 0 spiro atoms. The molecular formula is C19H19F3N2O2S. The smallest absolute Gasteiger partial charge is 0.416 e. The molecule has 4 nitrogen and oxygen atoms in total. The topological polar surface area (TPSA) is 33.7 Å². The van der Waals surface area contributed by atoms with E-state index in [2.05, 4.69) is 16.5 Å². The molecule has 144 valence electrons. The van der Waals surface area contributed by atoms with Crippen molar-refractivity contribution in [3.63, 3.8) is 0 Å². The highest BCUT2D eigenvalue weighted by atomic mass is 32.2. The van der Waals surface area contributed by atoms with Gasteiger partial charge in [-0.1, -0.05) is 18.0 Å². The van der Waals surface area contributed by atoms with E-state index in [1.807, 2.05) is 12.1 Å². The van der Waals surface area contributed by atoms with Crippen molar-refractivity contribution in [3.8, 4) is 11.5 Å². The fraction of sp³-hybridized carbons (Fsp3) is 0.368. The Hall–Kier alpha value is -1.90. The van der Waals surface area contributed by atoms with Gasteiger partial charge in [-0.15, -0.1) is 0 Å². The van der Waals surface area contributed by atoms with Crippen LogP contribution < -0.4 is 10.1 Å². The van der Waals surface area contributed by atoms with Crippen LogP contribution in [0.1, 0.15) is 23.3 Å². The van der Waals surface area contributed by atoms with E-state index in [9.17, 15) is 13.2 Å². The zero-order valence-corrected chi connectivity index (χ0v) is 15.5. The number of fused-ring (bicyclic) bond motifs is 2. The molecule has 0 radical (unpaired) electrons. The number of anilines is 2. The van der Waals surface area contributed by atoms with Crippen LogP contribution in [0, 0.1) is 0 Å². The first-order valence-electron chi connectivity index (χ1n) is 8.70. The second-order valence-corrected chi connectivity index (χ2v) is 7.91. The van der Waals surface area contributed by atoms with E-state index >= 15 is 0 Å². The Morgan fingerprint density at radius 2 is 1.81 bits per heavy atom. The van der Waals surface area contributed by atoms with Crippen molar-refractivity contribution in [2.24, 2.45) is 0 Å². The lowest BCUT2D eigenvalue weighted by molar-refractivity contribution is -0.137. The van der Waals surface area contributed by atoms with E-state index < -0.39 is 11.7 Å². The minimum Gasteiger partial charge on any atom is -0.453 e. The number of morpholine rings is 1. The van der Waals surface area contributed by atoms with E-state index in [4.69, 9.17) is 9.47 Å². The minimum atomic E-state index is -4.39. The van der Waals surface area contributed by atoms with Crippen LogP contribution in [0.3, 0.4) is 0 Å². The summed E-state index contributed by atoms with van der Waals surface area (Å²) in [6.07, 6.45) is -4.39. The number of hydrogen-bond acceptors (Lipinski definition) is 5. The van der Waals surface area contributed by atoms with Gasteiger partial charge in [-0.05, 0) is 42.8 Å². The number of nitrogens with one attached hydrogen (secondary N) is 1. The van der Waals surface area contributed by atoms with Crippen LogP contribution in [-0.2, 0) is 10.9 Å². The van der Waals surface area contributed by atoms with Crippen LogP contribution >= 0.6 is 11.9 Å². The van der Waals surface area contributed by atoms with Gasteiger partial charge in [-0.3, -0.25) is 0 Å². The number of alkyl halides is 3. The van der Waals surface area contributed by atoms with E-state index in [1.165, 1.54) is 6.07 Å². The summed E-state index contributed by atoms with van der Waals surface area (Å²) in [6, 6.07) is 9.24. The monoisotopic (exact) mass is 396 g/mol. The summed E-state index contributed by atoms with van der Waals surface area (Å²) in [7, 11) is 0. The molecule has 8 heteroatoms. The number of nitrogens with zero attached hydrogens (tertiary/aromatic N) is 1. The molecule has 2 aliphatic rings. The molecule has 2 aromatic rings. The van der Waals surface area contributed by atoms with E-state index in [0.717, 1.165) is 49.7 Å². The SMILES string of the molecule is CC(SN1CCOCC1)c1ccc2c(c1)Nc1ccc(C(F)(F)F)cc1O2. The molecule has 1 saturated heterocycles. The van der Waals surface area contributed by atoms with Crippen LogP contribution in [0.5, 0.6) is 11.5 Å². The summed E-state index contributed by atoms with van der Waals surface area (Å²) >= 11 is 1.77. The molecule has 1 N–H and O–H groups in total. The van der Waals surface area contributed by atoms with Crippen molar-refractivity contribution in [1.29, 1.82) is 0 Å². The standard InChI is InChI=1S/C19H19F3N2O2S/c1-12(27-24-6-8-25-9-7-24)13-2-5-17-16(10-13)23-15-4-3-14(19(20,21)22)11-18(15)26-17/h2-5,10-12,23H,6-9H2,1H3. The lowest BCUT2D eigenvalue weighted by Crippen LogP contribution is -2.31. The van der Waals surface area contributed by atoms with Crippen LogP contribution in [0.2, 0.25) is 0 Å². The van der Waals surface area contributed by atoms with Gasteiger partial charge in [0, 0.05) is 18.3 Å². The number of hydrogen-bond donors (Lipinski definition) is 1. The first-order chi connectivity index (χ1) is 12.9. The number of benzene rings is 2. The highest BCUT2D eigenvalue weighted by Crippen LogP contribution is 2.46. The summed E-state index contributed by atoms with van der Waals surface area (Å²) in [4.78, 5) is 0. The van der Waals surface area contributed by atoms with Crippen molar-refractivity contribution in [2.45, 2.75) is 18.3 Å². The number of ether oxygens (including phenoxy) is 2. The van der Waals surface area contributed by atoms with Gasteiger partial charge < -0.3 is 14.8 Å². The number of rotatable bonds is 3. The fourth-order valence-electron chi connectivity index (χ4n) is 3.07. The lowest BCUT2D eigenvalue weighted by atomic mass is 10.1.